The molecule has 0 radical (unpaired) electrons. The van der Waals surface area contributed by atoms with Crippen molar-refractivity contribution in [1.82, 2.24) is 5.32 Å². The summed E-state index contributed by atoms with van der Waals surface area (Å²) in [5.41, 5.74) is -0.210. The minimum Gasteiger partial charge on any atom is -0.376 e. The van der Waals surface area contributed by atoms with E-state index >= 15 is 0 Å². The number of amides is 1. The molecule has 15 heavy (non-hydrogen) atoms. The second-order valence-corrected chi connectivity index (χ2v) is 5.80. The quantitative estimate of drug-likeness (QED) is 0.803. The Hall–Kier alpha value is -0.0900. The molecule has 0 aliphatic carbocycles. The fourth-order valence-corrected chi connectivity index (χ4v) is 1.77. The first-order valence-corrected chi connectivity index (χ1v) is 6.36. The Bertz CT molecular complexity index is 245. The average molecular weight is 278 g/mol. The average Bonchev–Trinajstić information content (AvgIpc) is 2.45. The van der Waals surface area contributed by atoms with Crippen LogP contribution in [0.3, 0.4) is 0 Å². The van der Waals surface area contributed by atoms with E-state index < -0.39 is 0 Å². The van der Waals surface area contributed by atoms with Gasteiger partial charge in [-0.2, -0.15) is 0 Å². The van der Waals surface area contributed by atoms with Gasteiger partial charge in [0.1, 0.15) is 0 Å². The molecule has 3 atom stereocenters. The molecular formula is C11H20BrNO2. The number of carbonyl (C=O) groups is 1. The lowest BCUT2D eigenvalue weighted by Gasteiger charge is -2.30. The Balaban J connectivity index is 2.57. The number of hydrogen-bond donors (Lipinski definition) is 1. The lowest BCUT2D eigenvalue weighted by atomic mass is 9.94. The van der Waals surface area contributed by atoms with E-state index in [0.29, 0.717) is 5.92 Å². The highest BCUT2D eigenvalue weighted by molar-refractivity contribution is 9.10. The Morgan fingerprint density at radius 3 is 2.60 bits per heavy atom. The fraction of sp³-hybridized carbons (Fsp3) is 0.909. The first kappa shape index (κ1) is 13.0. The standard InChI is InChI=1S/C11H20BrNO2/c1-7(2)9(12)10(14)13-11(4)5-6-15-8(11)3/h7-9H,5-6H2,1-4H3,(H,13,14). The molecule has 88 valence electrons. The zero-order valence-electron chi connectivity index (χ0n) is 9.84. The number of hydrogen-bond acceptors (Lipinski definition) is 2. The highest BCUT2D eigenvalue weighted by Crippen LogP contribution is 2.26. The summed E-state index contributed by atoms with van der Waals surface area (Å²) in [5.74, 6) is 0.357. The van der Waals surface area contributed by atoms with Crippen LogP contribution < -0.4 is 5.32 Å². The molecule has 0 aromatic carbocycles. The van der Waals surface area contributed by atoms with E-state index in [1.165, 1.54) is 0 Å². The molecule has 1 fully saturated rings. The van der Waals surface area contributed by atoms with Crippen molar-refractivity contribution in [2.45, 2.75) is 50.6 Å². The summed E-state index contributed by atoms with van der Waals surface area (Å²) >= 11 is 3.41. The van der Waals surface area contributed by atoms with Gasteiger partial charge >= 0.3 is 0 Å². The molecular weight excluding hydrogens is 258 g/mol. The topological polar surface area (TPSA) is 38.3 Å². The van der Waals surface area contributed by atoms with Gasteiger partial charge in [0.2, 0.25) is 5.91 Å². The van der Waals surface area contributed by atoms with Crippen molar-refractivity contribution in [3.63, 3.8) is 0 Å². The van der Waals surface area contributed by atoms with Gasteiger partial charge in [-0.05, 0) is 26.2 Å². The molecule has 1 rings (SSSR count). The molecule has 1 N–H and O–H groups in total. The summed E-state index contributed by atoms with van der Waals surface area (Å²) in [6.07, 6.45) is 0.978. The van der Waals surface area contributed by atoms with E-state index in [9.17, 15) is 4.79 Å². The van der Waals surface area contributed by atoms with Gasteiger partial charge in [-0.25, -0.2) is 0 Å². The number of nitrogens with one attached hydrogen (secondary N) is 1. The largest absolute Gasteiger partial charge is 0.376 e. The second-order valence-electron chi connectivity index (χ2n) is 4.82. The Kier molecular flexibility index (Phi) is 4.18. The molecule has 4 heteroatoms. The third kappa shape index (κ3) is 2.94. The zero-order chi connectivity index (χ0) is 11.6. The third-order valence-corrected chi connectivity index (χ3v) is 4.60. The van der Waals surface area contributed by atoms with Crippen LogP contribution in [0.2, 0.25) is 0 Å². The second kappa shape index (κ2) is 4.83. The minimum atomic E-state index is -0.210. The van der Waals surface area contributed by atoms with Gasteiger partial charge in [0.15, 0.2) is 0 Å². The predicted octanol–water partition coefficient (Wildman–Crippen LogP) is 2.09. The highest BCUT2D eigenvalue weighted by atomic mass is 79.9. The molecule has 0 aromatic heterocycles. The van der Waals surface area contributed by atoms with Crippen LogP contribution in [-0.4, -0.2) is 29.0 Å². The lowest BCUT2D eigenvalue weighted by molar-refractivity contribution is -0.123. The van der Waals surface area contributed by atoms with Gasteiger partial charge in [-0.1, -0.05) is 29.8 Å². The summed E-state index contributed by atoms with van der Waals surface area (Å²) in [6.45, 7) is 8.83. The first-order chi connectivity index (χ1) is 6.87. The molecule has 0 spiro atoms. The fourth-order valence-electron chi connectivity index (χ4n) is 1.65. The van der Waals surface area contributed by atoms with Crippen molar-refractivity contribution < 1.29 is 9.53 Å². The van der Waals surface area contributed by atoms with Crippen molar-refractivity contribution >= 4 is 21.8 Å². The van der Waals surface area contributed by atoms with Crippen molar-refractivity contribution in [2.24, 2.45) is 5.92 Å². The van der Waals surface area contributed by atoms with Gasteiger partial charge in [-0.15, -0.1) is 0 Å². The van der Waals surface area contributed by atoms with Crippen LogP contribution in [0.4, 0.5) is 0 Å². The number of halogens is 1. The van der Waals surface area contributed by atoms with Gasteiger partial charge in [0.05, 0.1) is 16.5 Å². The monoisotopic (exact) mass is 277 g/mol. The van der Waals surface area contributed by atoms with Crippen LogP contribution in [0.25, 0.3) is 0 Å². The maximum absolute atomic E-state index is 11.9. The third-order valence-electron chi connectivity index (χ3n) is 3.13. The molecule has 3 nitrogen and oxygen atoms in total. The Morgan fingerprint density at radius 2 is 2.20 bits per heavy atom. The number of rotatable bonds is 3. The lowest BCUT2D eigenvalue weighted by Crippen LogP contribution is -2.53. The minimum absolute atomic E-state index is 0.0600. The van der Waals surface area contributed by atoms with Gasteiger partial charge in [0.25, 0.3) is 0 Å². The van der Waals surface area contributed by atoms with E-state index in [4.69, 9.17) is 4.74 Å². The molecule has 1 heterocycles. The van der Waals surface area contributed by atoms with Crippen molar-refractivity contribution in [1.29, 1.82) is 0 Å². The predicted molar refractivity (Wildman–Crippen MR) is 64.1 cm³/mol. The van der Waals surface area contributed by atoms with Crippen LogP contribution in [0.1, 0.15) is 34.1 Å². The zero-order valence-corrected chi connectivity index (χ0v) is 11.4. The molecule has 1 amide bonds. The molecule has 3 unspecified atom stereocenters. The number of carbonyl (C=O) groups excluding carboxylic acids is 1. The molecule has 0 bridgehead atoms. The van der Waals surface area contributed by atoms with E-state index in [1.54, 1.807) is 0 Å². The van der Waals surface area contributed by atoms with E-state index in [2.05, 4.69) is 21.2 Å². The van der Waals surface area contributed by atoms with Crippen LogP contribution in [0.5, 0.6) is 0 Å². The number of ether oxygens (including phenoxy) is 1. The smallest absolute Gasteiger partial charge is 0.234 e. The SMILES string of the molecule is CC(C)C(Br)C(=O)NC1(C)CCOC1C. The molecule has 0 aromatic rings. The van der Waals surface area contributed by atoms with Gasteiger partial charge in [-0.3, -0.25) is 4.79 Å². The maximum Gasteiger partial charge on any atom is 0.234 e. The van der Waals surface area contributed by atoms with Crippen LogP contribution in [0, 0.1) is 5.92 Å². The summed E-state index contributed by atoms with van der Waals surface area (Å²) in [7, 11) is 0. The van der Waals surface area contributed by atoms with Gasteiger partial charge < -0.3 is 10.1 Å². The van der Waals surface area contributed by atoms with Crippen molar-refractivity contribution in [3.05, 3.63) is 0 Å². The van der Waals surface area contributed by atoms with Crippen LogP contribution in [0.15, 0.2) is 0 Å². The normalized spacial score (nSPS) is 33.1. The van der Waals surface area contributed by atoms with Crippen molar-refractivity contribution in [3.8, 4) is 0 Å². The van der Waals surface area contributed by atoms with E-state index in [-0.39, 0.29) is 22.4 Å². The molecule has 1 saturated heterocycles. The van der Waals surface area contributed by atoms with E-state index in [1.807, 2.05) is 27.7 Å². The summed E-state index contributed by atoms with van der Waals surface area (Å²) in [4.78, 5) is 11.8. The van der Waals surface area contributed by atoms with Gasteiger partial charge in [0, 0.05) is 6.61 Å². The summed E-state index contributed by atoms with van der Waals surface area (Å²) in [5, 5.41) is 3.08. The summed E-state index contributed by atoms with van der Waals surface area (Å²) in [6, 6.07) is 0. The van der Waals surface area contributed by atoms with E-state index in [0.717, 1.165) is 13.0 Å². The summed E-state index contributed by atoms with van der Waals surface area (Å²) < 4.78 is 5.48. The Morgan fingerprint density at radius 1 is 1.60 bits per heavy atom. The molecule has 1 aliphatic heterocycles. The highest BCUT2D eigenvalue weighted by Gasteiger charge is 2.39. The maximum atomic E-state index is 11.9. The Labute approximate surface area is 100 Å². The molecule has 0 saturated carbocycles. The van der Waals surface area contributed by atoms with Crippen molar-refractivity contribution in [2.75, 3.05) is 6.61 Å². The number of alkyl halides is 1. The first-order valence-electron chi connectivity index (χ1n) is 5.44. The molecule has 1 aliphatic rings. The van der Waals surface area contributed by atoms with Crippen LogP contribution >= 0.6 is 15.9 Å². The van der Waals surface area contributed by atoms with Crippen LogP contribution in [-0.2, 0) is 9.53 Å².